The molecular weight excluding hydrogens is 244 g/mol. The van der Waals surface area contributed by atoms with Gasteiger partial charge in [-0.3, -0.25) is 4.79 Å². The average Bonchev–Trinajstić information content (AvgIpc) is 2.37. The molecule has 0 aliphatic carbocycles. The third-order valence-electron chi connectivity index (χ3n) is 2.77. The third-order valence-corrected chi connectivity index (χ3v) is 2.77. The second-order valence-electron chi connectivity index (χ2n) is 4.46. The topological polar surface area (TPSA) is 73.6 Å². The maximum Gasteiger partial charge on any atom is 0.257 e. The van der Waals surface area contributed by atoms with Gasteiger partial charge in [0.25, 0.3) is 5.91 Å². The van der Waals surface area contributed by atoms with Gasteiger partial charge in [-0.1, -0.05) is 0 Å². The SMILES string of the molecule is COCCCNC(=O)COc1cc(C)c(N)cc1C. The van der Waals surface area contributed by atoms with E-state index in [4.69, 9.17) is 15.2 Å². The van der Waals surface area contributed by atoms with Crippen molar-refractivity contribution in [2.24, 2.45) is 0 Å². The first kappa shape index (κ1) is 15.3. The Balaban J connectivity index is 2.40. The van der Waals surface area contributed by atoms with Crippen LogP contribution in [0.1, 0.15) is 17.5 Å². The number of nitrogens with two attached hydrogens (primary N) is 1. The molecule has 0 unspecified atom stereocenters. The molecule has 0 radical (unpaired) electrons. The summed E-state index contributed by atoms with van der Waals surface area (Å²) in [5.41, 5.74) is 8.40. The van der Waals surface area contributed by atoms with E-state index < -0.39 is 0 Å². The highest BCUT2D eigenvalue weighted by Crippen LogP contribution is 2.23. The van der Waals surface area contributed by atoms with Crippen LogP contribution in [0.25, 0.3) is 0 Å². The van der Waals surface area contributed by atoms with Gasteiger partial charge in [0.15, 0.2) is 6.61 Å². The van der Waals surface area contributed by atoms with Crippen molar-refractivity contribution in [2.75, 3.05) is 32.6 Å². The molecule has 0 saturated carbocycles. The zero-order chi connectivity index (χ0) is 14.3. The van der Waals surface area contributed by atoms with Gasteiger partial charge in [-0.05, 0) is 43.5 Å². The number of aryl methyl sites for hydroxylation is 2. The lowest BCUT2D eigenvalue weighted by molar-refractivity contribution is -0.123. The zero-order valence-corrected chi connectivity index (χ0v) is 11.8. The molecule has 3 N–H and O–H groups in total. The van der Waals surface area contributed by atoms with Crippen molar-refractivity contribution in [1.82, 2.24) is 5.32 Å². The van der Waals surface area contributed by atoms with Crippen molar-refractivity contribution in [3.05, 3.63) is 23.3 Å². The summed E-state index contributed by atoms with van der Waals surface area (Å²) in [6.45, 7) is 5.05. The zero-order valence-electron chi connectivity index (χ0n) is 11.8. The van der Waals surface area contributed by atoms with Crippen LogP contribution in [0.5, 0.6) is 5.75 Å². The fourth-order valence-electron chi connectivity index (χ4n) is 1.61. The van der Waals surface area contributed by atoms with E-state index in [9.17, 15) is 4.79 Å². The van der Waals surface area contributed by atoms with Crippen LogP contribution in [-0.2, 0) is 9.53 Å². The number of carbonyl (C=O) groups excluding carboxylic acids is 1. The van der Waals surface area contributed by atoms with Gasteiger partial charge in [-0.25, -0.2) is 0 Å². The van der Waals surface area contributed by atoms with Crippen molar-refractivity contribution >= 4 is 11.6 Å². The highest BCUT2D eigenvalue weighted by Gasteiger charge is 2.06. The maximum absolute atomic E-state index is 11.5. The highest BCUT2D eigenvalue weighted by atomic mass is 16.5. The first-order valence-electron chi connectivity index (χ1n) is 6.29. The minimum atomic E-state index is -0.134. The number of nitrogens with one attached hydrogen (secondary N) is 1. The summed E-state index contributed by atoms with van der Waals surface area (Å²) in [5, 5.41) is 2.76. The minimum absolute atomic E-state index is 0.0111. The summed E-state index contributed by atoms with van der Waals surface area (Å²) < 4.78 is 10.4. The molecule has 0 aliphatic rings. The quantitative estimate of drug-likeness (QED) is 0.578. The first-order chi connectivity index (χ1) is 9.04. The standard InChI is InChI=1S/C14H22N2O3/c1-10-8-13(11(2)7-12(10)15)19-9-14(17)16-5-4-6-18-3/h7-8H,4-6,9,15H2,1-3H3,(H,16,17). The summed E-state index contributed by atoms with van der Waals surface area (Å²) in [7, 11) is 1.64. The van der Waals surface area contributed by atoms with Crippen LogP contribution in [0.3, 0.4) is 0 Å². The van der Waals surface area contributed by atoms with E-state index in [0.717, 1.165) is 23.2 Å². The van der Waals surface area contributed by atoms with Crippen molar-refractivity contribution in [3.63, 3.8) is 0 Å². The Morgan fingerprint density at radius 1 is 1.32 bits per heavy atom. The Labute approximate surface area is 114 Å². The van der Waals surface area contributed by atoms with Crippen molar-refractivity contribution in [1.29, 1.82) is 0 Å². The number of ether oxygens (including phenoxy) is 2. The molecular formula is C14H22N2O3. The molecule has 0 spiro atoms. The van der Waals surface area contributed by atoms with Crippen molar-refractivity contribution < 1.29 is 14.3 Å². The van der Waals surface area contributed by atoms with Crippen LogP contribution in [0.2, 0.25) is 0 Å². The number of hydrogen-bond donors (Lipinski definition) is 2. The van der Waals surface area contributed by atoms with Gasteiger partial charge >= 0.3 is 0 Å². The lowest BCUT2D eigenvalue weighted by Gasteiger charge is -2.11. The summed E-state index contributed by atoms with van der Waals surface area (Å²) in [5.74, 6) is 0.559. The van der Waals surface area contributed by atoms with Gasteiger partial charge in [0.05, 0.1) is 0 Å². The monoisotopic (exact) mass is 266 g/mol. The Hall–Kier alpha value is -1.75. The molecule has 5 heteroatoms. The van der Waals surface area contributed by atoms with Crippen LogP contribution in [-0.4, -0.2) is 32.8 Å². The lowest BCUT2D eigenvalue weighted by atomic mass is 10.1. The Morgan fingerprint density at radius 2 is 2.05 bits per heavy atom. The molecule has 0 aromatic heterocycles. The van der Waals surface area contributed by atoms with E-state index >= 15 is 0 Å². The number of amides is 1. The molecule has 0 bridgehead atoms. The summed E-state index contributed by atoms with van der Waals surface area (Å²) in [6, 6.07) is 3.70. The molecule has 1 amide bonds. The predicted octanol–water partition coefficient (Wildman–Crippen LogP) is 1.42. The lowest BCUT2D eigenvalue weighted by Crippen LogP contribution is -2.30. The van der Waals surface area contributed by atoms with Crippen LogP contribution in [0.15, 0.2) is 12.1 Å². The van der Waals surface area contributed by atoms with Crippen molar-refractivity contribution in [3.8, 4) is 5.75 Å². The smallest absolute Gasteiger partial charge is 0.257 e. The number of nitrogen functional groups attached to an aromatic ring is 1. The van der Waals surface area contributed by atoms with Crippen LogP contribution >= 0.6 is 0 Å². The molecule has 0 aliphatic heterocycles. The fraction of sp³-hybridized carbons (Fsp3) is 0.500. The number of rotatable bonds is 7. The molecule has 5 nitrogen and oxygen atoms in total. The summed E-state index contributed by atoms with van der Waals surface area (Å²) in [4.78, 5) is 11.5. The number of carbonyl (C=O) groups is 1. The van der Waals surface area contributed by atoms with Crippen LogP contribution in [0.4, 0.5) is 5.69 Å². The third kappa shape index (κ3) is 5.18. The van der Waals surface area contributed by atoms with E-state index in [1.165, 1.54) is 0 Å². The molecule has 0 atom stereocenters. The molecule has 1 aromatic carbocycles. The van der Waals surface area contributed by atoms with Crippen molar-refractivity contribution in [2.45, 2.75) is 20.3 Å². The Morgan fingerprint density at radius 3 is 2.74 bits per heavy atom. The maximum atomic E-state index is 11.5. The predicted molar refractivity (Wildman–Crippen MR) is 75.3 cm³/mol. The fourth-order valence-corrected chi connectivity index (χ4v) is 1.61. The molecule has 0 heterocycles. The summed E-state index contributed by atoms with van der Waals surface area (Å²) in [6.07, 6.45) is 0.794. The Kier molecular flexibility index (Phi) is 6.15. The number of benzene rings is 1. The number of anilines is 1. The Bertz CT molecular complexity index is 433. The van der Waals surface area contributed by atoms with E-state index in [0.29, 0.717) is 18.9 Å². The molecule has 19 heavy (non-hydrogen) atoms. The van der Waals surface area contributed by atoms with E-state index in [2.05, 4.69) is 5.32 Å². The largest absolute Gasteiger partial charge is 0.483 e. The van der Waals surface area contributed by atoms with E-state index in [1.54, 1.807) is 7.11 Å². The second-order valence-corrected chi connectivity index (χ2v) is 4.46. The number of hydrogen-bond acceptors (Lipinski definition) is 4. The van der Waals surface area contributed by atoms with Gasteiger partial charge in [-0.2, -0.15) is 0 Å². The molecule has 0 saturated heterocycles. The van der Waals surface area contributed by atoms with Gasteiger partial charge in [0, 0.05) is 25.9 Å². The normalized spacial score (nSPS) is 10.3. The van der Waals surface area contributed by atoms with Gasteiger partial charge in [0.2, 0.25) is 0 Å². The molecule has 1 rings (SSSR count). The van der Waals surface area contributed by atoms with Gasteiger partial charge < -0.3 is 20.5 Å². The summed E-state index contributed by atoms with van der Waals surface area (Å²) >= 11 is 0. The molecule has 0 fully saturated rings. The van der Waals surface area contributed by atoms with E-state index in [-0.39, 0.29) is 12.5 Å². The average molecular weight is 266 g/mol. The van der Waals surface area contributed by atoms with Gasteiger partial charge in [0.1, 0.15) is 5.75 Å². The second kappa shape index (κ2) is 7.63. The molecule has 106 valence electrons. The number of methoxy groups -OCH3 is 1. The van der Waals surface area contributed by atoms with E-state index in [1.807, 2.05) is 26.0 Å². The van der Waals surface area contributed by atoms with Gasteiger partial charge in [-0.15, -0.1) is 0 Å². The minimum Gasteiger partial charge on any atom is -0.483 e. The van der Waals surface area contributed by atoms with Crippen LogP contribution < -0.4 is 15.8 Å². The first-order valence-corrected chi connectivity index (χ1v) is 6.29. The van der Waals surface area contributed by atoms with Crippen LogP contribution in [0, 0.1) is 13.8 Å². The molecule has 1 aromatic rings. The highest BCUT2D eigenvalue weighted by molar-refractivity contribution is 5.77.